The SMILES string of the molecule is COc1cc(OC)c(/C=C/S(=O)(=O)Nc2ccc(OC)c(OS(=O)(=O)c3ccc(N)cc3N)c2)c(OC)c1. The molecular formula is C24H27N3O9S2. The van der Waals surface area contributed by atoms with Gasteiger partial charge in [-0.3, -0.25) is 4.72 Å². The van der Waals surface area contributed by atoms with Gasteiger partial charge in [0.25, 0.3) is 10.0 Å². The lowest BCUT2D eigenvalue weighted by Gasteiger charge is -2.14. The average molecular weight is 566 g/mol. The van der Waals surface area contributed by atoms with Crippen LogP contribution in [-0.4, -0.2) is 45.3 Å². The number of hydrogen-bond donors (Lipinski definition) is 3. The third-order valence-corrected chi connectivity index (χ3v) is 7.42. The van der Waals surface area contributed by atoms with Gasteiger partial charge in [-0.2, -0.15) is 8.42 Å². The van der Waals surface area contributed by atoms with Crippen LogP contribution in [0.1, 0.15) is 5.56 Å². The molecule has 0 aliphatic heterocycles. The van der Waals surface area contributed by atoms with Crippen LogP contribution in [-0.2, 0) is 20.1 Å². The van der Waals surface area contributed by atoms with Crippen LogP contribution in [0.2, 0.25) is 0 Å². The second kappa shape index (κ2) is 11.4. The minimum atomic E-state index is -4.41. The van der Waals surface area contributed by atoms with Gasteiger partial charge < -0.3 is 34.6 Å². The van der Waals surface area contributed by atoms with Gasteiger partial charge in [-0.25, -0.2) is 8.42 Å². The monoisotopic (exact) mass is 565 g/mol. The van der Waals surface area contributed by atoms with Gasteiger partial charge in [0.05, 0.1) is 50.8 Å². The van der Waals surface area contributed by atoms with Crippen molar-refractivity contribution in [1.29, 1.82) is 0 Å². The lowest BCUT2D eigenvalue weighted by atomic mass is 10.1. The molecule has 204 valence electrons. The van der Waals surface area contributed by atoms with Crippen LogP contribution >= 0.6 is 0 Å². The Morgan fingerprint density at radius 3 is 1.92 bits per heavy atom. The zero-order valence-corrected chi connectivity index (χ0v) is 22.6. The predicted octanol–water partition coefficient (Wildman–Crippen LogP) is 3.07. The summed E-state index contributed by atoms with van der Waals surface area (Å²) in [6, 6.07) is 10.8. The van der Waals surface area contributed by atoms with Crippen LogP contribution in [0.3, 0.4) is 0 Å². The zero-order chi connectivity index (χ0) is 28.1. The topological polar surface area (TPSA) is 178 Å². The normalized spacial score (nSPS) is 11.7. The van der Waals surface area contributed by atoms with Crippen LogP contribution in [0.4, 0.5) is 17.1 Å². The molecule has 0 aliphatic rings. The molecule has 3 aromatic rings. The zero-order valence-electron chi connectivity index (χ0n) is 20.9. The van der Waals surface area contributed by atoms with Crippen molar-refractivity contribution in [1.82, 2.24) is 0 Å². The Hall–Kier alpha value is -4.30. The number of sulfonamides is 1. The molecule has 12 nitrogen and oxygen atoms in total. The first-order valence-corrected chi connectivity index (χ1v) is 13.7. The Kier molecular flexibility index (Phi) is 8.48. The van der Waals surface area contributed by atoms with E-state index in [0.29, 0.717) is 22.8 Å². The second-order valence-electron chi connectivity index (χ2n) is 7.60. The lowest BCUT2D eigenvalue weighted by Crippen LogP contribution is -2.13. The van der Waals surface area contributed by atoms with Crippen molar-refractivity contribution in [2.45, 2.75) is 4.90 Å². The molecule has 0 aliphatic carbocycles. The summed E-state index contributed by atoms with van der Waals surface area (Å²) < 4.78 is 79.9. The number of nitrogens with two attached hydrogens (primary N) is 2. The van der Waals surface area contributed by atoms with Crippen LogP contribution in [0.15, 0.2) is 58.8 Å². The molecular weight excluding hydrogens is 538 g/mol. The van der Waals surface area contributed by atoms with Gasteiger partial charge in [0.2, 0.25) is 0 Å². The van der Waals surface area contributed by atoms with Gasteiger partial charge >= 0.3 is 10.1 Å². The number of nitrogen functional groups attached to an aromatic ring is 2. The van der Waals surface area contributed by atoms with E-state index in [4.69, 9.17) is 34.6 Å². The summed E-state index contributed by atoms with van der Waals surface area (Å²) in [4.78, 5) is -0.315. The molecule has 14 heteroatoms. The van der Waals surface area contributed by atoms with E-state index in [1.165, 1.54) is 64.8 Å². The smallest absolute Gasteiger partial charge is 0.341 e. The highest BCUT2D eigenvalue weighted by atomic mass is 32.2. The van der Waals surface area contributed by atoms with Crippen LogP contribution < -0.4 is 39.3 Å². The summed E-state index contributed by atoms with van der Waals surface area (Å²) in [6.07, 6.45) is 1.29. The number of methoxy groups -OCH3 is 4. The molecule has 3 rings (SSSR count). The van der Waals surface area contributed by atoms with E-state index in [1.54, 1.807) is 12.1 Å². The Balaban J connectivity index is 1.91. The molecule has 0 saturated heterocycles. The minimum Gasteiger partial charge on any atom is -0.496 e. The Bertz CT molecular complexity index is 1550. The quantitative estimate of drug-likeness (QED) is 0.230. The predicted molar refractivity (Wildman–Crippen MR) is 144 cm³/mol. The molecule has 38 heavy (non-hydrogen) atoms. The molecule has 0 aromatic heterocycles. The maximum Gasteiger partial charge on any atom is 0.341 e. The fraction of sp³-hybridized carbons (Fsp3) is 0.167. The van der Waals surface area contributed by atoms with Crippen molar-refractivity contribution < 1.29 is 40.0 Å². The molecule has 0 bridgehead atoms. The first kappa shape index (κ1) is 28.3. The summed E-state index contributed by atoms with van der Waals surface area (Å²) in [5.74, 6) is 0.860. The van der Waals surface area contributed by atoms with Gasteiger partial charge in [-0.05, 0) is 36.4 Å². The summed E-state index contributed by atoms with van der Waals surface area (Å²) in [5, 5.41) is 0.899. The molecule has 0 amide bonds. The maximum atomic E-state index is 12.8. The Morgan fingerprint density at radius 1 is 0.737 bits per heavy atom. The highest BCUT2D eigenvalue weighted by molar-refractivity contribution is 7.95. The van der Waals surface area contributed by atoms with Gasteiger partial charge in [-0.15, -0.1) is 0 Å². The second-order valence-corrected chi connectivity index (χ2v) is 10.7. The summed E-state index contributed by atoms with van der Waals surface area (Å²) >= 11 is 0. The number of nitrogens with one attached hydrogen (secondary N) is 1. The number of ether oxygens (including phenoxy) is 4. The summed E-state index contributed by atoms with van der Waals surface area (Å²) in [7, 11) is -2.89. The van der Waals surface area contributed by atoms with E-state index >= 15 is 0 Å². The number of anilines is 3. The summed E-state index contributed by atoms with van der Waals surface area (Å²) in [6.45, 7) is 0. The number of hydrogen-bond acceptors (Lipinski definition) is 11. The molecule has 3 aromatic carbocycles. The minimum absolute atomic E-state index is 0.000381. The van der Waals surface area contributed by atoms with E-state index in [9.17, 15) is 16.8 Å². The first-order valence-electron chi connectivity index (χ1n) is 10.7. The molecule has 0 atom stereocenters. The molecule has 0 spiro atoms. The van der Waals surface area contributed by atoms with Gasteiger partial charge in [0.1, 0.15) is 22.1 Å². The van der Waals surface area contributed by atoms with Crippen molar-refractivity contribution in [3.05, 3.63) is 59.5 Å². The highest BCUT2D eigenvalue weighted by Crippen LogP contribution is 2.36. The third kappa shape index (κ3) is 6.52. The summed E-state index contributed by atoms with van der Waals surface area (Å²) in [5.41, 5.74) is 11.9. The highest BCUT2D eigenvalue weighted by Gasteiger charge is 2.23. The molecule has 0 unspecified atom stereocenters. The van der Waals surface area contributed by atoms with Crippen molar-refractivity contribution in [3.63, 3.8) is 0 Å². The van der Waals surface area contributed by atoms with Gasteiger partial charge in [0.15, 0.2) is 11.5 Å². The molecule has 5 N–H and O–H groups in total. The number of rotatable bonds is 11. The molecule has 0 heterocycles. The third-order valence-electron chi connectivity index (χ3n) is 5.09. The van der Waals surface area contributed by atoms with Crippen LogP contribution in [0, 0.1) is 0 Å². The molecule has 0 saturated carbocycles. The standard InChI is InChI=1S/C24H27N3O9S2/c1-32-17-13-21(34-3)18(22(14-17)35-4)9-10-37(28,29)27-16-6-7-20(33-2)23(12-16)36-38(30,31)24-8-5-15(25)11-19(24)26/h5-14,27H,25-26H2,1-4H3/b10-9+. The van der Waals surface area contributed by atoms with Crippen molar-refractivity contribution in [2.24, 2.45) is 0 Å². The Labute approximate surface area is 220 Å². The Morgan fingerprint density at radius 2 is 1.37 bits per heavy atom. The fourth-order valence-electron chi connectivity index (χ4n) is 3.32. The van der Waals surface area contributed by atoms with E-state index in [0.717, 1.165) is 11.5 Å². The van der Waals surface area contributed by atoms with Crippen molar-refractivity contribution in [2.75, 3.05) is 44.6 Å². The van der Waals surface area contributed by atoms with Crippen LogP contribution in [0.25, 0.3) is 6.08 Å². The van der Waals surface area contributed by atoms with Gasteiger partial charge in [-0.1, -0.05) is 0 Å². The van der Waals surface area contributed by atoms with Crippen LogP contribution in [0.5, 0.6) is 28.7 Å². The van der Waals surface area contributed by atoms with Gasteiger partial charge in [0, 0.05) is 23.9 Å². The van der Waals surface area contributed by atoms with E-state index in [1.807, 2.05) is 0 Å². The number of benzene rings is 3. The van der Waals surface area contributed by atoms with E-state index in [2.05, 4.69) is 4.72 Å². The molecule has 0 fully saturated rings. The largest absolute Gasteiger partial charge is 0.496 e. The lowest BCUT2D eigenvalue weighted by molar-refractivity contribution is 0.374. The van der Waals surface area contributed by atoms with E-state index in [-0.39, 0.29) is 33.5 Å². The average Bonchev–Trinajstić information content (AvgIpc) is 2.86. The molecule has 0 radical (unpaired) electrons. The fourth-order valence-corrected chi connectivity index (χ4v) is 5.19. The van der Waals surface area contributed by atoms with E-state index < -0.39 is 20.1 Å². The van der Waals surface area contributed by atoms with Crippen molar-refractivity contribution in [3.8, 4) is 28.7 Å². The first-order chi connectivity index (χ1) is 17.9. The van der Waals surface area contributed by atoms with Crippen molar-refractivity contribution >= 4 is 43.3 Å². The maximum absolute atomic E-state index is 12.8.